The van der Waals surface area contributed by atoms with Crippen LogP contribution in [0.1, 0.15) is 81.9 Å². The van der Waals surface area contributed by atoms with Crippen molar-refractivity contribution in [3.05, 3.63) is 46.0 Å². The van der Waals surface area contributed by atoms with Crippen LogP contribution in [-0.2, 0) is 11.8 Å². The monoisotopic (exact) mass is 515 g/mol. The smallest absolute Gasteiger partial charge is 0.353 e. The lowest BCUT2D eigenvalue weighted by Gasteiger charge is -2.36. The zero-order valence-electron chi connectivity index (χ0n) is 21.6. The molecule has 8 heteroatoms. The van der Waals surface area contributed by atoms with Gasteiger partial charge in [-0.25, -0.2) is 0 Å². The van der Waals surface area contributed by atoms with E-state index < -0.39 is 18.0 Å². The molecule has 0 radical (unpaired) electrons. The van der Waals surface area contributed by atoms with Crippen molar-refractivity contribution in [2.24, 2.45) is 30.7 Å². The molecule has 0 aliphatic heterocycles. The molecule has 3 fully saturated rings. The Morgan fingerprint density at radius 2 is 1.89 bits per heavy atom. The van der Waals surface area contributed by atoms with Gasteiger partial charge in [-0.1, -0.05) is 19.4 Å². The topological polar surface area (TPSA) is 64.0 Å². The van der Waals surface area contributed by atoms with E-state index in [0.29, 0.717) is 25.2 Å². The third-order valence-electron chi connectivity index (χ3n) is 8.77. The number of rotatable bonds is 5. The van der Waals surface area contributed by atoms with E-state index >= 15 is 0 Å². The first kappa shape index (κ1) is 26.0. The fourth-order valence-corrected chi connectivity index (χ4v) is 6.22. The van der Waals surface area contributed by atoms with E-state index in [0.717, 1.165) is 35.0 Å². The first-order chi connectivity index (χ1) is 17.6. The van der Waals surface area contributed by atoms with Gasteiger partial charge in [-0.05, 0) is 87.3 Å². The maximum atomic E-state index is 13.5. The summed E-state index contributed by atoms with van der Waals surface area (Å²) in [7, 11) is 1.79. The highest BCUT2D eigenvalue weighted by Gasteiger charge is 2.44. The summed E-state index contributed by atoms with van der Waals surface area (Å²) in [6, 6.07) is 3.75. The number of nitrogens with zero attached hydrogens (tertiary/aromatic N) is 2. The predicted octanol–water partition coefficient (Wildman–Crippen LogP) is 6.11. The van der Waals surface area contributed by atoms with Crippen molar-refractivity contribution in [3.63, 3.8) is 0 Å². The minimum atomic E-state index is -4.25. The van der Waals surface area contributed by atoms with Gasteiger partial charge in [0.05, 0.1) is 17.1 Å². The molecule has 3 aliphatic carbocycles. The Labute approximate surface area is 215 Å². The number of fused-ring (bicyclic) bond motifs is 1. The molecule has 2 aromatic heterocycles. The molecule has 1 N–H and O–H groups in total. The van der Waals surface area contributed by atoms with E-state index in [1.807, 2.05) is 24.4 Å². The minimum absolute atomic E-state index is 0.0362. The van der Waals surface area contributed by atoms with E-state index in [1.165, 1.54) is 12.8 Å². The van der Waals surface area contributed by atoms with Gasteiger partial charge in [-0.2, -0.15) is 13.2 Å². The fraction of sp³-hybridized carbons (Fsp3) is 0.621. The van der Waals surface area contributed by atoms with Crippen LogP contribution in [0.25, 0.3) is 17.0 Å². The van der Waals surface area contributed by atoms with Gasteiger partial charge in [0.25, 0.3) is 5.56 Å². The van der Waals surface area contributed by atoms with Crippen LogP contribution in [0.4, 0.5) is 13.2 Å². The predicted molar refractivity (Wildman–Crippen MR) is 138 cm³/mol. The van der Waals surface area contributed by atoms with Gasteiger partial charge in [-0.15, -0.1) is 0 Å². The van der Waals surface area contributed by atoms with Crippen LogP contribution in [-0.4, -0.2) is 27.7 Å². The van der Waals surface area contributed by atoms with Crippen LogP contribution < -0.4 is 10.9 Å². The second kappa shape index (κ2) is 10.3. The SMILES string of the molecule is CC1CCC(NC(=O)C2CCCC(C(F)(F)F)C2)CC1c1cc2cnc(/C=C/C3CC3)cc2n(C)c1=O. The maximum absolute atomic E-state index is 13.5. The molecule has 37 heavy (non-hydrogen) atoms. The summed E-state index contributed by atoms with van der Waals surface area (Å²) in [5, 5.41) is 3.95. The van der Waals surface area contributed by atoms with Crippen molar-refractivity contribution in [2.75, 3.05) is 0 Å². The van der Waals surface area contributed by atoms with Crippen molar-refractivity contribution in [1.82, 2.24) is 14.9 Å². The van der Waals surface area contributed by atoms with E-state index in [9.17, 15) is 22.8 Å². The number of nitrogens with one attached hydrogen (secondary N) is 1. The zero-order valence-corrected chi connectivity index (χ0v) is 21.6. The van der Waals surface area contributed by atoms with Crippen LogP contribution in [0.15, 0.2) is 29.2 Å². The molecular weight excluding hydrogens is 479 g/mol. The van der Waals surface area contributed by atoms with Gasteiger partial charge in [0.2, 0.25) is 5.91 Å². The Kier molecular flexibility index (Phi) is 7.20. The van der Waals surface area contributed by atoms with Crippen LogP contribution >= 0.6 is 0 Å². The third kappa shape index (κ3) is 5.78. The van der Waals surface area contributed by atoms with Crippen molar-refractivity contribution < 1.29 is 18.0 Å². The summed E-state index contributed by atoms with van der Waals surface area (Å²) in [6.07, 6.45) is 7.34. The van der Waals surface area contributed by atoms with Gasteiger partial charge in [-0.3, -0.25) is 14.6 Å². The molecule has 5 atom stereocenters. The van der Waals surface area contributed by atoms with Gasteiger partial charge in [0.1, 0.15) is 0 Å². The first-order valence-electron chi connectivity index (χ1n) is 13.6. The van der Waals surface area contributed by atoms with E-state index in [-0.39, 0.29) is 42.2 Å². The van der Waals surface area contributed by atoms with Crippen molar-refractivity contribution in [2.45, 2.75) is 82.8 Å². The summed E-state index contributed by atoms with van der Waals surface area (Å²) >= 11 is 0. The molecule has 200 valence electrons. The lowest BCUT2D eigenvalue weighted by Crippen LogP contribution is -2.45. The highest BCUT2D eigenvalue weighted by molar-refractivity contribution is 5.81. The van der Waals surface area contributed by atoms with Crippen molar-refractivity contribution in [1.29, 1.82) is 0 Å². The van der Waals surface area contributed by atoms with Crippen LogP contribution in [0.3, 0.4) is 0 Å². The Balaban J connectivity index is 1.32. The summed E-state index contributed by atoms with van der Waals surface area (Å²) < 4.78 is 41.4. The number of halogens is 3. The fourth-order valence-electron chi connectivity index (χ4n) is 6.22. The first-order valence-corrected chi connectivity index (χ1v) is 13.6. The number of amides is 1. The quantitative estimate of drug-likeness (QED) is 0.522. The molecule has 5 nitrogen and oxygen atoms in total. The summed E-state index contributed by atoms with van der Waals surface area (Å²) in [4.78, 5) is 31.0. The van der Waals surface area contributed by atoms with Gasteiger partial charge >= 0.3 is 6.18 Å². The van der Waals surface area contributed by atoms with Gasteiger partial charge < -0.3 is 9.88 Å². The number of alkyl halides is 3. The molecule has 0 spiro atoms. The summed E-state index contributed by atoms with van der Waals surface area (Å²) in [5.41, 5.74) is 2.36. The zero-order chi connectivity index (χ0) is 26.3. The molecule has 2 aromatic rings. The number of pyridine rings is 2. The third-order valence-corrected chi connectivity index (χ3v) is 8.77. The Bertz CT molecular complexity index is 1250. The molecule has 3 aliphatic rings. The minimum Gasteiger partial charge on any atom is -0.353 e. The summed E-state index contributed by atoms with van der Waals surface area (Å²) in [6.45, 7) is 2.13. The van der Waals surface area contributed by atoms with Crippen molar-refractivity contribution >= 4 is 22.9 Å². The molecule has 1 amide bonds. The molecule has 0 aromatic carbocycles. The highest BCUT2D eigenvalue weighted by atomic mass is 19.4. The summed E-state index contributed by atoms with van der Waals surface area (Å²) in [5.74, 6) is -1.39. The molecule has 2 heterocycles. The largest absolute Gasteiger partial charge is 0.391 e. The number of aryl methyl sites for hydroxylation is 1. The molecule has 0 saturated heterocycles. The number of carbonyl (C=O) groups excluding carboxylic acids is 1. The van der Waals surface area contributed by atoms with Crippen LogP contribution in [0.5, 0.6) is 0 Å². The standard InChI is InChI=1S/C29H36F3N3O2/c1-17-6-10-23(34-27(36)19-4-3-5-21(12-19)29(30,31)32)14-24(17)25-13-20-16-33-22(11-9-18-7-8-18)15-26(20)35(2)28(25)37/h9,11,13,15-19,21,23-24H,3-8,10,12,14H2,1-2H3,(H,34,36)/b11-9+. The average molecular weight is 516 g/mol. The number of carbonyl (C=O) groups is 1. The second-order valence-corrected chi connectivity index (χ2v) is 11.5. The van der Waals surface area contributed by atoms with Crippen LogP contribution in [0.2, 0.25) is 0 Å². The van der Waals surface area contributed by atoms with Gasteiger partial charge in [0, 0.05) is 36.2 Å². The van der Waals surface area contributed by atoms with E-state index in [1.54, 1.807) is 11.6 Å². The lowest BCUT2D eigenvalue weighted by molar-refractivity contribution is -0.186. The second-order valence-electron chi connectivity index (χ2n) is 11.5. The number of aromatic nitrogens is 2. The molecule has 5 rings (SSSR count). The maximum Gasteiger partial charge on any atom is 0.391 e. The van der Waals surface area contributed by atoms with Crippen LogP contribution in [0, 0.1) is 23.7 Å². The van der Waals surface area contributed by atoms with Crippen molar-refractivity contribution in [3.8, 4) is 0 Å². The molecule has 3 saturated carbocycles. The Morgan fingerprint density at radius 1 is 1.11 bits per heavy atom. The molecule has 5 unspecified atom stereocenters. The van der Waals surface area contributed by atoms with E-state index in [4.69, 9.17) is 0 Å². The number of hydrogen-bond acceptors (Lipinski definition) is 3. The molecule has 0 bridgehead atoms. The Hall–Kier alpha value is -2.64. The van der Waals surface area contributed by atoms with E-state index in [2.05, 4.69) is 23.3 Å². The normalized spacial score (nSPS) is 29.1. The number of allylic oxidation sites excluding steroid dienone is 1. The average Bonchev–Trinajstić information content (AvgIpc) is 3.70. The lowest BCUT2D eigenvalue weighted by atomic mass is 9.74. The molecular formula is C29H36F3N3O2. The number of hydrogen-bond donors (Lipinski definition) is 1. The highest BCUT2D eigenvalue weighted by Crippen LogP contribution is 2.41. The van der Waals surface area contributed by atoms with Gasteiger partial charge in [0.15, 0.2) is 0 Å². The Morgan fingerprint density at radius 3 is 2.62 bits per heavy atom.